The lowest BCUT2D eigenvalue weighted by Crippen LogP contribution is -2.07. The van der Waals surface area contributed by atoms with E-state index in [0.29, 0.717) is 0 Å². The number of benzene rings is 1. The van der Waals surface area contributed by atoms with E-state index in [1.54, 1.807) is 0 Å². The molecule has 1 aliphatic rings. The van der Waals surface area contributed by atoms with Gasteiger partial charge in [-0.3, -0.25) is 4.79 Å². The van der Waals surface area contributed by atoms with Crippen LogP contribution in [-0.4, -0.2) is 17.5 Å². The first-order valence-electron chi connectivity index (χ1n) is 4.45. The molecule has 0 aromatic heterocycles. The van der Waals surface area contributed by atoms with Crippen LogP contribution in [0.4, 0.5) is 13.2 Å². The molecule has 1 heterocycles. The molecular formula is C10H8F3NO3. The number of carbonyl (C=O) groups is 1. The number of hydrogen-bond donors (Lipinski definition) is 1. The van der Waals surface area contributed by atoms with Crippen molar-refractivity contribution in [2.75, 3.05) is 0 Å². The molecule has 17 heavy (non-hydrogen) atoms. The molecule has 0 fully saturated rings. The number of halogens is 3. The number of aliphatic carboxylic acids is 1. The number of hydrogen-bond acceptors (Lipinski definition) is 3. The van der Waals surface area contributed by atoms with E-state index in [-0.39, 0.29) is 5.56 Å². The van der Waals surface area contributed by atoms with E-state index in [2.05, 4.69) is 9.99 Å². The maximum absolute atomic E-state index is 12.2. The van der Waals surface area contributed by atoms with Gasteiger partial charge in [0.25, 0.3) is 0 Å². The molecule has 0 unspecified atom stereocenters. The van der Waals surface area contributed by atoms with Crippen molar-refractivity contribution < 1.29 is 27.9 Å². The molecular weight excluding hydrogens is 239 g/mol. The zero-order valence-corrected chi connectivity index (χ0v) is 8.44. The van der Waals surface area contributed by atoms with E-state index in [9.17, 15) is 18.0 Å². The molecule has 0 spiro atoms. The average Bonchev–Trinajstić information content (AvgIpc) is 3.02. The van der Waals surface area contributed by atoms with Gasteiger partial charge in [-0.25, -0.2) is 0 Å². The first kappa shape index (κ1) is 13.0. The standard InChI is InChI=1S/C9H7F3O2.CHNO/c10-9(11,12)7-3-1-2-6(4-7)5-8(13)14;1-2-3-1/h1-4H,5H2,(H,13,14);1H. The fourth-order valence-electron chi connectivity index (χ4n) is 1.03. The molecule has 0 amide bonds. The Labute approximate surface area is 94.3 Å². The molecule has 92 valence electrons. The maximum Gasteiger partial charge on any atom is 0.416 e. The summed E-state index contributed by atoms with van der Waals surface area (Å²) < 4.78 is 36.5. The number of rotatable bonds is 2. The quantitative estimate of drug-likeness (QED) is 0.872. The van der Waals surface area contributed by atoms with Crippen molar-refractivity contribution in [1.82, 2.24) is 0 Å². The fraction of sp³-hybridized carbons (Fsp3) is 0.200. The second kappa shape index (κ2) is 5.33. The topological polar surface area (TPSA) is 62.2 Å². The highest BCUT2D eigenvalue weighted by atomic mass is 19.4. The number of oxime groups is 1. The highest BCUT2D eigenvalue weighted by Crippen LogP contribution is 2.29. The van der Waals surface area contributed by atoms with E-state index in [4.69, 9.17) is 5.11 Å². The Kier molecular flexibility index (Phi) is 4.08. The van der Waals surface area contributed by atoms with E-state index < -0.39 is 24.1 Å². The zero-order valence-electron chi connectivity index (χ0n) is 8.44. The molecule has 0 saturated heterocycles. The van der Waals surface area contributed by atoms with Gasteiger partial charge in [0.05, 0.1) is 12.0 Å². The summed E-state index contributed by atoms with van der Waals surface area (Å²) in [6.45, 7) is 0. The third-order valence-corrected chi connectivity index (χ3v) is 1.72. The maximum atomic E-state index is 12.2. The van der Waals surface area contributed by atoms with Crippen LogP contribution in [0.25, 0.3) is 0 Å². The second-order valence-electron chi connectivity index (χ2n) is 3.08. The SMILES string of the molecule is C1=NO1.O=C(O)Cc1cccc(C(F)(F)F)c1. The average molecular weight is 247 g/mol. The molecule has 1 aliphatic heterocycles. The first-order chi connectivity index (χ1) is 7.89. The number of carboxylic acid groups (broad SMARTS) is 1. The molecule has 7 heteroatoms. The minimum Gasteiger partial charge on any atom is -0.481 e. The zero-order chi connectivity index (χ0) is 12.9. The number of alkyl halides is 3. The molecule has 0 radical (unpaired) electrons. The Balaban J connectivity index is 0.000000415. The van der Waals surface area contributed by atoms with E-state index in [1.807, 2.05) is 0 Å². The van der Waals surface area contributed by atoms with Gasteiger partial charge < -0.3 is 9.94 Å². The summed E-state index contributed by atoms with van der Waals surface area (Å²) in [5, 5.41) is 11.5. The Hall–Kier alpha value is -2.05. The van der Waals surface area contributed by atoms with E-state index >= 15 is 0 Å². The van der Waals surface area contributed by atoms with Gasteiger partial charge in [0.15, 0.2) is 0 Å². The Morgan fingerprint density at radius 1 is 1.41 bits per heavy atom. The van der Waals surface area contributed by atoms with Crippen molar-refractivity contribution in [3.05, 3.63) is 35.4 Å². The summed E-state index contributed by atoms with van der Waals surface area (Å²) in [5.74, 6) is -1.15. The molecule has 2 rings (SSSR count). The first-order valence-corrected chi connectivity index (χ1v) is 4.45. The molecule has 1 aromatic rings. The summed E-state index contributed by atoms with van der Waals surface area (Å²) in [5.41, 5.74) is -0.677. The predicted octanol–water partition coefficient (Wildman–Crippen LogP) is 2.29. The molecule has 0 saturated carbocycles. The van der Waals surface area contributed by atoms with Crippen molar-refractivity contribution in [3.8, 4) is 0 Å². The largest absolute Gasteiger partial charge is 0.481 e. The molecule has 1 aromatic carbocycles. The van der Waals surface area contributed by atoms with Crippen LogP contribution in [0.5, 0.6) is 0 Å². The van der Waals surface area contributed by atoms with Gasteiger partial charge in [-0.05, 0) is 16.8 Å². The van der Waals surface area contributed by atoms with Crippen LogP contribution in [0, 0.1) is 0 Å². The van der Waals surface area contributed by atoms with E-state index in [1.165, 1.54) is 18.5 Å². The van der Waals surface area contributed by atoms with Crippen molar-refractivity contribution >= 4 is 12.4 Å². The van der Waals surface area contributed by atoms with Crippen LogP contribution in [0.2, 0.25) is 0 Å². The summed E-state index contributed by atoms with van der Waals surface area (Å²) in [6.07, 6.45) is -3.45. The normalized spacial score (nSPS) is 12.2. The van der Waals surface area contributed by atoms with Gasteiger partial charge in [-0.1, -0.05) is 18.2 Å². The van der Waals surface area contributed by atoms with Crippen molar-refractivity contribution in [1.29, 1.82) is 0 Å². The van der Waals surface area contributed by atoms with Gasteiger partial charge in [-0.15, -0.1) is 0 Å². The van der Waals surface area contributed by atoms with Gasteiger partial charge in [0, 0.05) is 0 Å². The van der Waals surface area contributed by atoms with Gasteiger partial charge in [0.1, 0.15) is 0 Å². The smallest absolute Gasteiger partial charge is 0.416 e. The summed E-state index contributed by atoms with van der Waals surface area (Å²) in [4.78, 5) is 14.2. The van der Waals surface area contributed by atoms with Crippen molar-refractivity contribution in [3.63, 3.8) is 0 Å². The van der Waals surface area contributed by atoms with Crippen molar-refractivity contribution in [2.45, 2.75) is 12.6 Å². The van der Waals surface area contributed by atoms with Gasteiger partial charge in [-0.2, -0.15) is 13.2 Å². The lowest BCUT2D eigenvalue weighted by atomic mass is 10.1. The van der Waals surface area contributed by atoms with Gasteiger partial charge >= 0.3 is 12.1 Å². The Bertz CT molecular complexity index is 425. The van der Waals surface area contributed by atoms with Crippen LogP contribution in [0.3, 0.4) is 0 Å². The monoisotopic (exact) mass is 247 g/mol. The van der Waals surface area contributed by atoms with Crippen molar-refractivity contribution in [2.24, 2.45) is 5.16 Å². The highest BCUT2D eigenvalue weighted by Gasteiger charge is 2.30. The minimum atomic E-state index is -4.42. The highest BCUT2D eigenvalue weighted by molar-refractivity contribution is 5.70. The predicted molar refractivity (Wildman–Crippen MR) is 52.4 cm³/mol. The van der Waals surface area contributed by atoms with Crippen LogP contribution in [0.1, 0.15) is 11.1 Å². The van der Waals surface area contributed by atoms with E-state index in [0.717, 1.165) is 12.1 Å². The van der Waals surface area contributed by atoms with Crippen LogP contribution in [-0.2, 0) is 22.2 Å². The third-order valence-electron chi connectivity index (χ3n) is 1.72. The Morgan fingerprint density at radius 3 is 2.41 bits per heavy atom. The third kappa shape index (κ3) is 5.55. The summed E-state index contributed by atoms with van der Waals surface area (Å²) in [7, 11) is 0. The van der Waals surface area contributed by atoms with Crippen LogP contribution >= 0.6 is 0 Å². The lowest BCUT2D eigenvalue weighted by molar-refractivity contribution is -0.138. The van der Waals surface area contributed by atoms with Crippen LogP contribution in [0.15, 0.2) is 29.4 Å². The summed E-state index contributed by atoms with van der Waals surface area (Å²) in [6, 6.07) is 4.30. The molecule has 0 bridgehead atoms. The number of carboxylic acids is 1. The molecule has 0 atom stereocenters. The minimum absolute atomic E-state index is 0.146. The second-order valence-corrected chi connectivity index (χ2v) is 3.08. The Morgan fingerprint density at radius 2 is 2.00 bits per heavy atom. The van der Waals surface area contributed by atoms with Gasteiger partial charge in [0.2, 0.25) is 6.40 Å². The summed E-state index contributed by atoms with van der Waals surface area (Å²) >= 11 is 0. The van der Waals surface area contributed by atoms with Crippen LogP contribution < -0.4 is 0 Å². The molecule has 1 N–H and O–H groups in total. The fourth-order valence-corrected chi connectivity index (χ4v) is 1.03. The lowest BCUT2D eigenvalue weighted by Gasteiger charge is -2.07. The number of nitrogens with zero attached hydrogens (tertiary/aromatic N) is 1. The molecule has 0 aliphatic carbocycles. The molecule has 4 nitrogen and oxygen atoms in total.